The van der Waals surface area contributed by atoms with Gasteiger partial charge in [-0.15, -0.1) is 5.10 Å². The third-order valence-corrected chi connectivity index (χ3v) is 4.93. The van der Waals surface area contributed by atoms with E-state index in [0.29, 0.717) is 10.5 Å². The molecule has 1 heterocycles. The van der Waals surface area contributed by atoms with Gasteiger partial charge in [0, 0.05) is 12.1 Å². The second-order valence-corrected chi connectivity index (χ2v) is 6.61. The molecule has 3 rings (SSSR count). The van der Waals surface area contributed by atoms with E-state index in [9.17, 15) is 14.9 Å². The fourth-order valence-electron chi connectivity index (χ4n) is 2.44. The number of carbonyl (C=O) groups is 1. The standard InChI is InChI=1S/C18H16N4O4S/c1-12(13-7-9-14(10-8-13)22(24)25)19-20-18-21(11-17(23)26-2)15-5-3-4-6-16(15)27-18/h3-10H,11H2,1-2H3/b19-12-,20-18-. The first-order valence-corrected chi connectivity index (χ1v) is 8.79. The Balaban J connectivity index is 2.01. The predicted molar refractivity (Wildman–Crippen MR) is 103 cm³/mol. The van der Waals surface area contributed by atoms with Crippen molar-refractivity contribution in [2.24, 2.45) is 10.2 Å². The van der Waals surface area contributed by atoms with E-state index < -0.39 is 4.92 Å². The molecule has 9 heteroatoms. The summed E-state index contributed by atoms with van der Waals surface area (Å²) in [5.74, 6) is -0.379. The number of nitrogens with zero attached hydrogens (tertiary/aromatic N) is 4. The van der Waals surface area contributed by atoms with Crippen LogP contribution >= 0.6 is 11.3 Å². The molecule has 1 aromatic heterocycles. The van der Waals surface area contributed by atoms with Gasteiger partial charge in [-0.25, -0.2) is 0 Å². The van der Waals surface area contributed by atoms with Crippen LogP contribution < -0.4 is 4.80 Å². The van der Waals surface area contributed by atoms with Crippen LogP contribution in [0.25, 0.3) is 10.2 Å². The van der Waals surface area contributed by atoms with Gasteiger partial charge >= 0.3 is 5.97 Å². The lowest BCUT2D eigenvalue weighted by atomic mass is 10.1. The number of thiazole rings is 1. The van der Waals surface area contributed by atoms with E-state index in [0.717, 1.165) is 15.8 Å². The number of hydrogen-bond acceptors (Lipinski definition) is 7. The van der Waals surface area contributed by atoms with Crippen molar-refractivity contribution in [2.75, 3.05) is 7.11 Å². The minimum Gasteiger partial charge on any atom is -0.468 e. The molecular weight excluding hydrogens is 368 g/mol. The molecule has 8 nitrogen and oxygen atoms in total. The summed E-state index contributed by atoms with van der Waals surface area (Å²) in [7, 11) is 1.34. The van der Waals surface area contributed by atoms with Gasteiger partial charge in [0.2, 0.25) is 4.80 Å². The Kier molecular flexibility index (Phi) is 5.41. The van der Waals surface area contributed by atoms with Gasteiger partial charge < -0.3 is 9.30 Å². The van der Waals surface area contributed by atoms with E-state index >= 15 is 0 Å². The van der Waals surface area contributed by atoms with E-state index in [1.54, 1.807) is 23.6 Å². The Morgan fingerprint density at radius 1 is 1.22 bits per heavy atom. The van der Waals surface area contributed by atoms with Crippen LogP contribution in [0.15, 0.2) is 58.7 Å². The Labute approximate surface area is 158 Å². The molecule has 0 spiro atoms. The molecule has 0 atom stereocenters. The summed E-state index contributed by atoms with van der Waals surface area (Å²) in [6, 6.07) is 13.7. The summed E-state index contributed by atoms with van der Waals surface area (Å²) in [6.07, 6.45) is 0. The number of methoxy groups -OCH3 is 1. The van der Waals surface area contributed by atoms with E-state index in [1.807, 2.05) is 24.3 Å². The monoisotopic (exact) mass is 384 g/mol. The van der Waals surface area contributed by atoms with Crippen molar-refractivity contribution in [3.8, 4) is 0 Å². The number of non-ortho nitro benzene ring substituents is 1. The van der Waals surface area contributed by atoms with E-state index in [4.69, 9.17) is 4.74 Å². The Bertz CT molecular complexity index is 1100. The van der Waals surface area contributed by atoms with Crippen LogP contribution in [0, 0.1) is 10.1 Å². The van der Waals surface area contributed by atoms with Crippen LogP contribution in [-0.2, 0) is 16.1 Å². The molecule has 27 heavy (non-hydrogen) atoms. The highest BCUT2D eigenvalue weighted by molar-refractivity contribution is 7.16. The van der Waals surface area contributed by atoms with Gasteiger partial charge in [-0.1, -0.05) is 23.5 Å². The van der Waals surface area contributed by atoms with Crippen LogP contribution in [0.2, 0.25) is 0 Å². The summed E-state index contributed by atoms with van der Waals surface area (Å²) >= 11 is 1.41. The SMILES string of the molecule is COC(=O)Cn1/c(=N/N=C(/C)c2ccc([N+](=O)[O-])cc2)sc2ccccc21. The molecule has 0 aliphatic carbocycles. The molecule has 0 amide bonds. The van der Waals surface area contributed by atoms with Crippen LogP contribution in [0.4, 0.5) is 5.69 Å². The normalized spacial score (nSPS) is 12.4. The van der Waals surface area contributed by atoms with Gasteiger partial charge in [-0.3, -0.25) is 14.9 Å². The molecule has 0 unspecified atom stereocenters. The number of ether oxygens (including phenoxy) is 1. The lowest BCUT2D eigenvalue weighted by Crippen LogP contribution is -2.21. The zero-order valence-electron chi connectivity index (χ0n) is 14.7. The van der Waals surface area contributed by atoms with Crippen LogP contribution in [0.1, 0.15) is 12.5 Å². The fraction of sp³-hybridized carbons (Fsp3) is 0.167. The average molecular weight is 384 g/mol. The number of benzene rings is 2. The Morgan fingerprint density at radius 3 is 2.59 bits per heavy atom. The lowest BCUT2D eigenvalue weighted by Gasteiger charge is -2.03. The number of esters is 1. The highest BCUT2D eigenvalue weighted by atomic mass is 32.1. The Morgan fingerprint density at radius 2 is 1.93 bits per heavy atom. The second-order valence-electron chi connectivity index (χ2n) is 5.60. The molecule has 0 bridgehead atoms. The minimum atomic E-state index is -0.451. The minimum absolute atomic E-state index is 0.0175. The van der Waals surface area contributed by atoms with Gasteiger partial charge in [0.15, 0.2) is 0 Å². The van der Waals surface area contributed by atoms with Crippen molar-refractivity contribution < 1.29 is 14.5 Å². The summed E-state index contributed by atoms with van der Waals surface area (Å²) in [4.78, 5) is 22.6. The molecule has 2 aromatic carbocycles. The third-order valence-electron chi connectivity index (χ3n) is 3.88. The van der Waals surface area contributed by atoms with Crippen molar-refractivity contribution in [3.63, 3.8) is 0 Å². The number of hydrogen-bond donors (Lipinski definition) is 0. The number of carbonyl (C=O) groups excluding carboxylic acids is 1. The van der Waals surface area contributed by atoms with Crippen molar-refractivity contribution in [1.29, 1.82) is 0 Å². The van der Waals surface area contributed by atoms with Gasteiger partial charge in [0.1, 0.15) is 6.54 Å². The molecule has 3 aromatic rings. The number of fused-ring (bicyclic) bond motifs is 1. The molecule has 0 aliphatic heterocycles. The number of nitro benzene ring substituents is 1. The first-order valence-electron chi connectivity index (χ1n) is 7.98. The van der Waals surface area contributed by atoms with Crippen molar-refractivity contribution in [1.82, 2.24) is 4.57 Å². The number of para-hydroxylation sites is 1. The first-order chi connectivity index (χ1) is 13.0. The van der Waals surface area contributed by atoms with Crippen molar-refractivity contribution >= 4 is 38.9 Å². The van der Waals surface area contributed by atoms with Gasteiger partial charge in [-0.05, 0) is 36.8 Å². The third kappa shape index (κ3) is 4.09. The maximum absolute atomic E-state index is 11.8. The number of rotatable bonds is 5. The highest BCUT2D eigenvalue weighted by Crippen LogP contribution is 2.17. The van der Waals surface area contributed by atoms with E-state index in [2.05, 4.69) is 10.2 Å². The summed E-state index contributed by atoms with van der Waals surface area (Å²) in [5, 5.41) is 19.3. The largest absolute Gasteiger partial charge is 0.468 e. The number of aromatic nitrogens is 1. The molecule has 0 saturated carbocycles. The predicted octanol–water partition coefficient (Wildman–Crippen LogP) is 3.11. The first kappa shape index (κ1) is 18.5. The van der Waals surface area contributed by atoms with Gasteiger partial charge in [0.25, 0.3) is 5.69 Å². The zero-order chi connectivity index (χ0) is 19.4. The van der Waals surface area contributed by atoms with Gasteiger partial charge in [0.05, 0.1) is 28.0 Å². The molecule has 0 radical (unpaired) electrons. The summed E-state index contributed by atoms with van der Waals surface area (Å²) in [5.41, 5.74) is 2.22. The summed E-state index contributed by atoms with van der Waals surface area (Å²) < 4.78 is 7.49. The summed E-state index contributed by atoms with van der Waals surface area (Å²) in [6.45, 7) is 1.80. The fourth-order valence-corrected chi connectivity index (χ4v) is 3.42. The molecule has 0 aliphatic rings. The highest BCUT2D eigenvalue weighted by Gasteiger charge is 2.10. The second kappa shape index (κ2) is 7.92. The average Bonchev–Trinajstić information content (AvgIpc) is 3.03. The topological polar surface area (TPSA) is 99.1 Å². The molecule has 0 saturated heterocycles. The van der Waals surface area contributed by atoms with E-state index in [1.165, 1.54) is 30.6 Å². The van der Waals surface area contributed by atoms with Crippen LogP contribution in [0.5, 0.6) is 0 Å². The van der Waals surface area contributed by atoms with Crippen LogP contribution in [0.3, 0.4) is 0 Å². The van der Waals surface area contributed by atoms with Crippen molar-refractivity contribution in [3.05, 3.63) is 69.0 Å². The molecule has 0 fully saturated rings. The molecule has 0 N–H and O–H groups in total. The smallest absolute Gasteiger partial charge is 0.325 e. The van der Waals surface area contributed by atoms with E-state index in [-0.39, 0.29) is 18.2 Å². The van der Waals surface area contributed by atoms with Crippen LogP contribution in [-0.4, -0.2) is 28.3 Å². The quantitative estimate of drug-likeness (QED) is 0.292. The Hall–Kier alpha value is -3.33. The maximum Gasteiger partial charge on any atom is 0.325 e. The van der Waals surface area contributed by atoms with Gasteiger partial charge in [-0.2, -0.15) is 5.10 Å². The van der Waals surface area contributed by atoms with Crippen molar-refractivity contribution in [2.45, 2.75) is 13.5 Å². The zero-order valence-corrected chi connectivity index (χ0v) is 15.5. The molecule has 138 valence electrons. The number of nitro groups is 1. The maximum atomic E-state index is 11.8. The lowest BCUT2D eigenvalue weighted by molar-refractivity contribution is -0.384. The molecular formula is C18H16N4O4S.